The normalized spacial score (nSPS) is 11.3. The molecule has 2 aromatic carbocycles. The molecule has 2 nitrogen and oxygen atoms in total. The molecule has 0 atom stereocenters. The summed E-state index contributed by atoms with van der Waals surface area (Å²) in [6.07, 6.45) is 0.755. The second-order valence-electron chi connectivity index (χ2n) is 6.13. The Balaban J connectivity index is 2.18. The predicted molar refractivity (Wildman–Crippen MR) is 81.3 cm³/mol. The second kappa shape index (κ2) is 5.49. The maximum atomic E-state index is 11.0. The van der Waals surface area contributed by atoms with E-state index < -0.39 is 5.97 Å². The molecule has 0 heterocycles. The van der Waals surface area contributed by atoms with Crippen LogP contribution in [0.25, 0.3) is 0 Å². The summed E-state index contributed by atoms with van der Waals surface area (Å²) in [6, 6.07) is 15.6. The molecule has 0 saturated carbocycles. The van der Waals surface area contributed by atoms with Gasteiger partial charge in [0.05, 0.1) is 5.56 Å². The highest BCUT2D eigenvalue weighted by Crippen LogP contribution is 2.23. The molecule has 0 aliphatic carbocycles. The lowest BCUT2D eigenvalue weighted by atomic mass is 9.86. The van der Waals surface area contributed by atoms with E-state index in [2.05, 4.69) is 45.0 Å². The molecule has 0 fully saturated rings. The van der Waals surface area contributed by atoms with Crippen LogP contribution < -0.4 is 0 Å². The van der Waals surface area contributed by atoms with E-state index in [0.717, 1.165) is 12.0 Å². The van der Waals surface area contributed by atoms with Crippen LogP contribution in [-0.2, 0) is 11.8 Å². The van der Waals surface area contributed by atoms with Gasteiger partial charge in [-0.3, -0.25) is 0 Å². The van der Waals surface area contributed by atoms with Gasteiger partial charge in [-0.1, -0.05) is 57.2 Å². The molecule has 0 saturated heterocycles. The van der Waals surface area contributed by atoms with Gasteiger partial charge in [0.25, 0.3) is 0 Å². The first-order chi connectivity index (χ1) is 9.36. The van der Waals surface area contributed by atoms with Gasteiger partial charge in [0.1, 0.15) is 0 Å². The van der Waals surface area contributed by atoms with E-state index in [0.29, 0.717) is 5.56 Å². The minimum Gasteiger partial charge on any atom is -0.478 e. The van der Waals surface area contributed by atoms with E-state index in [4.69, 9.17) is 5.11 Å². The standard InChI is InChI=1S/C18H20O2/c1-18(2,3)16-9-7-13(8-10-16)11-14-5-4-6-15(12-14)17(19)20/h4-10,12H,11H2,1-3H3,(H,19,20). The van der Waals surface area contributed by atoms with Crippen LogP contribution in [0.15, 0.2) is 48.5 Å². The summed E-state index contributed by atoms with van der Waals surface area (Å²) in [5.74, 6) is -0.880. The van der Waals surface area contributed by atoms with Crippen LogP contribution in [0, 0.1) is 0 Å². The second-order valence-corrected chi connectivity index (χ2v) is 6.13. The minimum absolute atomic E-state index is 0.155. The summed E-state index contributed by atoms with van der Waals surface area (Å²) in [5, 5.41) is 9.00. The van der Waals surface area contributed by atoms with Crippen molar-refractivity contribution in [1.82, 2.24) is 0 Å². The van der Waals surface area contributed by atoms with Gasteiger partial charge in [0.15, 0.2) is 0 Å². The fourth-order valence-electron chi connectivity index (χ4n) is 2.17. The molecule has 0 aromatic heterocycles. The van der Waals surface area contributed by atoms with Crippen molar-refractivity contribution >= 4 is 5.97 Å². The molecule has 2 aromatic rings. The third kappa shape index (κ3) is 3.47. The Kier molecular flexibility index (Phi) is 3.93. The van der Waals surface area contributed by atoms with Gasteiger partial charge in [-0.2, -0.15) is 0 Å². The highest BCUT2D eigenvalue weighted by molar-refractivity contribution is 5.87. The first-order valence-electron chi connectivity index (χ1n) is 6.78. The molecule has 0 radical (unpaired) electrons. The Hall–Kier alpha value is -2.09. The molecule has 2 rings (SSSR count). The SMILES string of the molecule is CC(C)(C)c1ccc(Cc2cccc(C(=O)O)c2)cc1. The monoisotopic (exact) mass is 268 g/mol. The van der Waals surface area contributed by atoms with E-state index in [-0.39, 0.29) is 5.41 Å². The van der Waals surface area contributed by atoms with Crippen molar-refractivity contribution in [3.8, 4) is 0 Å². The van der Waals surface area contributed by atoms with Crippen molar-refractivity contribution in [1.29, 1.82) is 0 Å². The minimum atomic E-state index is -0.880. The first-order valence-corrected chi connectivity index (χ1v) is 6.78. The fourth-order valence-corrected chi connectivity index (χ4v) is 2.17. The number of carboxylic acids is 1. The van der Waals surface area contributed by atoms with E-state index in [9.17, 15) is 4.79 Å². The lowest BCUT2D eigenvalue weighted by Gasteiger charge is -2.19. The van der Waals surface area contributed by atoms with Crippen LogP contribution in [0.2, 0.25) is 0 Å². The Bertz CT molecular complexity index is 604. The van der Waals surface area contributed by atoms with Gasteiger partial charge >= 0.3 is 5.97 Å². The van der Waals surface area contributed by atoms with Crippen LogP contribution in [0.1, 0.15) is 47.8 Å². The third-order valence-electron chi connectivity index (χ3n) is 3.40. The number of carboxylic acid groups (broad SMARTS) is 1. The smallest absolute Gasteiger partial charge is 0.335 e. The summed E-state index contributed by atoms with van der Waals surface area (Å²) < 4.78 is 0. The van der Waals surface area contributed by atoms with Gasteiger partial charge in [0, 0.05) is 0 Å². The molecule has 0 aliphatic heterocycles. The quantitative estimate of drug-likeness (QED) is 0.902. The zero-order chi connectivity index (χ0) is 14.8. The van der Waals surface area contributed by atoms with E-state index in [1.807, 2.05) is 6.07 Å². The molecule has 20 heavy (non-hydrogen) atoms. The van der Waals surface area contributed by atoms with Gasteiger partial charge < -0.3 is 5.11 Å². The average molecular weight is 268 g/mol. The van der Waals surface area contributed by atoms with Crippen LogP contribution in [-0.4, -0.2) is 11.1 Å². The third-order valence-corrected chi connectivity index (χ3v) is 3.40. The largest absolute Gasteiger partial charge is 0.478 e. The Morgan fingerprint density at radius 2 is 1.65 bits per heavy atom. The van der Waals surface area contributed by atoms with Crippen LogP contribution in [0.5, 0.6) is 0 Å². The number of rotatable bonds is 3. The lowest BCUT2D eigenvalue weighted by molar-refractivity contribution is 0.0697. The molecule has 0 aliphatic rings. The van der Waals surface area contributed by atoms with Crippen molar-refractivity contribution in [3.63, 3.8) is 0 Å². The number of hydrogen-bond acceptors (Lipinski definition) is 1. The molecule has 0 bridgehead atoms. The molecular weight excluding hydrogens is 248 g/mol. The van der Waals surface area contributed by atoms with Gasteiger partial charge in [-0.25, -0.2) is 4.79 Å². The fraction of sp³-hybridized carbons (Fsp3) is 0.278. The van der Waals surface area contributed by atoms with Crippen molar-refractivity contribution < 1.29 is 9.90 Å². The highest BCUT2D eigenvalue weighted by atomic mass is 16.4. The van der Waals surface area contributed by atoms with Gasteiger partial charge in [-0.15, -0.1) is 0 Å². The molecule has 104 valence electrons. The molecule has 0 unspecified atom stereocenters. The Labute approximate surface area is 120 Å². The van der Waals surface area contributed by atoms with Crippen molar-refractivity contribution in [2.45, 2.75) is 32.6 Å². The van der Waals surface area contributed by atoms with Crippen molar-refractivity contribution in [2.75, 3.05) is 0 Å². The summed E-state index contributed by atoms with van der Waals surface area (Å²) >= 11 is 0. The Morgan fingerprint density at radius 1 is 1.00 bits per heavy atom. The summed E-state index contributed by atoms with van der Waals surface area (Å²) in [6.45, 7) is 6.58. The van der Waals surface area contributed by atoms with Gasteiger partial charge in [-0.05, 0) is 40.7 Å². The summed E-state index contributed by atoms with van der Waals surface area (Å²) in [4.78, 5) is 11.0. The van der Waals surface area contributed by atoms with Crippen LogP contribution in [0.3, 0.4) is 0 Å². The summed E-state index contributed by atoms with van der Waals surface area (Å²) in [5.41, 5.74) is 4.02. The first kappa shape index (κ1) is 14.3. The van der Waals surface area contributed by atoms with E-state index in [1.165, 1.54) is 11.1 Å². The molecule has 0 spiro atoms. The topological polar surface area (TPSA) is 37.3 Å². The van der Waals surface area contributed by atoms with Gasteiger partial charge in [0.2, 0.25) is 0 Å². The maximum absolute atomic E-state index is 11.0. The molecule has 2 heteroatoms. The maximum Gasteiger partial charge on any atom is 0.335 e. The Morgan fingerprint density at radius 3 is 2.20 bits per heavy atom. The van der Waals surface area contributed by atoms with E-state index >= 15 is 0 Å². The van der Waals surface area contributed by atoms with E-state index in [1.54, 1.807) is 18.2 Å². The van der Waals surface area contributed by atoms with Crippen molar-refractivity contribution in [2.24, 2.45) is 0 Å². The number of hydrogen-bond donors (Lipinski definition) is 1. The van der Waals surface area contributed by atoms with Crippen LogP contribution >= 0.6 is 0 Å². The van der Waals surface area contributed by atoms with Crippen molar-refractivity contribution in [3.05, 3.63) is 70.8 Å². The zero-order valence-corrected chi connectivity index (χ0v) is 12.2. The highest BCUT2D eigenvalue weighted by Gasteiger charge is 2.12. The predicted octanol–water partition coefficient (Wildman–Crippen LogP) is 4.27. The average Bonchev–Trinajstić information content (AvgIpc) is 2.38. The molecule has 0 amide bonds. The molecular formula is C18H20O2. The summed E-state index contributed by atoms with van der Waals surface area (Å²) in [7, 11) is 0. The number of benzene rings is 2. The zero-order valence-electron chi connectivity index (χ0n) is 12.2. The molecule has 1 N–H and O–H groups in total. The van der Waals surface area contributed by atoms with Crippen LogP contribution in [0.4, 0.5) is 0 Å². The lowest BCUT2D eigenvalue weighted by Crippen LogP contribution is -2.10. The number of carbonyl (C=O) groups is 1. The number of aromatic carboxylic acids is 1.